The quantitative estimate of drug-likeness (QED) is 0.637. The Hall–Kier alpha value is -1.11. The van der Waals surface area contributed by atoms with Gasteiger partial charge in [-0.3, -0.25) is 0 Å². The molecule has 1 fully saturated rings. The fraction of sp³-hybridized carbons (Fsp3) is 0.667. The molecular weight excluding hydrogens is 326 g/mol. The second-order valence-corrected chi connectivity index (χ2v) is 7.91. The third-order valence-corrected chi connectivity index (χ3v) is 6.47. The molecular formula is C18H29NO4S. The summed E-state index contributed by atoms with van der Waals surface area (Å²) in [5, 5.41) is 0. The third kappa shape index (κ3) is 4.94. The summed E-state index contributed by atoms with van der Waals surface area (Å²) in [7, 11) is -3.44. The van der Waals surface area contributed by atoms with Crippen LogP contribution in [0.4, 0.5) is 0 Å². The lowest BCUT2D eigenvalue weighted by Gasteiger charge is -2.32. The summed E-state index contributed by atoms with van der Waals surface area (Å²) in [5.41, 5.74) is 0. The lowest BCUT2D eigenvalue weighted by Crippen LogP contribution is -2.41. The molecule has 1 aliphatic rings. The van der Waals surface area contributed by atoms with Gasteiger partial charge in [0, 0.05) is 19.2 Å². The molecule has 136 valence electrons. The maximum atomic E-state index is 12.9. The van der Waals surface area contributed by atoms with E-state index in [-0.39, 0.29) is 6.04 Å². The van der Waals surface area contributed by atoms with Gasteiger partial charge in [0.1, 0.15) is 12.4 Å². The number of hydrogen-bond acceptors (Lipinski definition) is 4. The Morgan fingerprint density at radius 1 is 1.04 bits per heavy atom. The van der Waals surface area contributed by atoms with Crippen LogP contribution in [0.25, 0.3) is 0 Å². The van der Waals surface area contributed by atoms with Crippen LogP contribution in [-0.4, -0.2) is 45.1 Å². The number of nitrogens with zero attached hydrogens (tertiary/aromatic N) is 1. The van der Waals surface area contributed by atoms with E-state index in [4.69, 9.17) is 9.47 Å². The van der Waals surface area contributed by atoms with Crippen molar-refractivity contribution in [2.24, 2.45) is 0 Å². The molecule has 0 bridgehead atoms. The zero-order valence-electron chi connectivity index (χ0n) is 14.7. The van der Waals surface area contributed by atoms with Crippen LogP contribution >= 0.6 is 0 Å². The molecule has 0 aliphatic heterocycles. The van der Waals surface area contributed by atoms with E-state index in [1.54, 1.807) is 28.6 Å². The third-order valence-electron chi connectivity index (χ3n) is 4.42. The molecule has 0 spiro atoms. The molecule has 5 nitrogen and oxygen atoms in total. The molecule has 0 saturated heterocycles. The summed E-state index contributed by atoms with van der Waals surface area (Å²) in [6.45, 7) is 6.02. The van der Waals surface area contributed by atoms with Crippen molar-refractivity contribution in [2.45, 2.75) is 56.9 Å². The maximum absolute atomic E-state index is 12.9. The van der Waals surface area contributed by atoms with E-state index < -0.39 is 10.0 Å². The summed E-state index contributed by atoms with van der Waals surface area (Å²) >= 11 is 0. The van der Waals surface area contributed by atoms with Crippen molar-refractivity contribution in [3.05, 3.63) is 24.3 Å². The van der Waals surface area contributed by atoms with Gasteiger partial charge in [0.15, 0.2) is 0 Å². The van der Waals surface area contributed by atoms with Gasteiger partial charge in [-0.1, -0.05) is 26.2 Å². The largest absolute Gasteiger partial charge is 0.491 e. The van der Waals surface area contributed by atoms with Gasteiger partial charge in [-0.15, -0.1) is 0 Å². The molecule has 0 heterocycles. The number of ether oxygens (including phenoxy) is 2. The highest BCUT2D eigenvalue weighted by Crippen LogP contribution is 2.28. The van der Waals surface area contributed by atoms with Gasteiger partial charge in [-0.05, 0) is 44.0 Å². The summed E-state index contributed by atoms with van der Waals surface area (Å²) in [6, 6.07) is 6.84. The molecule has 1 aromatic rings. The van der Waals surface area contributed by atoms with Crippen LogP contribution in [0.2, 0.25) is 0 Å². The van der Waals surface area contributed by atoms with Gasteiger partial charge >= 0.3 is 0 Å². The Morgan fingerprint density at radius 2 is 1.71 bits per heavy atom. The predicted molar refractivity (Wildman–Crippen MR) is 94.9 cm³/mol. The molecule has 0 N–H and O–H groups in total. The standard InChI is InChI=1S/C18H29NO4S/c1-3-19(16-8-6-5-7-9-16)24(20,21)18-12-10-17(11-13-18)23-15-14-22-4-2/h10-13,16H,3-9,14-15H2,1-2H3. The lowest BCUT2D eigenvalue weighted by atomic mass is 9.95. The zero-order chi connectivity index (χ0) is 17.4. The van der Waals surface area contributed by atoms with Crippen LogP contribution in [0.3, 0.4) is 0 Å². The number of rotatable bonds is 9. The smallest absolute Gasteiger partial charge is 0.243 e. The molecule has 6 heteroatoms. The average molecular weight is 356 g/mol. The van der Waals surface area contributed by atoms with Gasteiger partial charge in [0.2, 0.25) is 10.0 Å². The SMILES string of the molecule is CCOCCOc1ccc(S(=O)(=O)N(CC)C2CCCCC2)cc1. The monoisotopic (exact) mass is 355 g/mol. The van der Waals surface area contributed by atoms with E-state index in [1.165, 1.54) is 6.42 Å². The van der Waals surface area contributed by atoms with Crippen molar-refractivity contribution in [3.8, 4) is 5.75 Å². The van der Waals surface area contributed by atoms with E-state index in [2.05, 4.69) is 0 Å². The lowest BCUT2D eigenvalue weighted by molar-refractivity contribution is 0.110. The van der Waals surface area contributed by atoms with E-state index in [1.807, 2.05) is 13.8 Å². The van der Waals surface area contributed by atoms with Gasteiger partial charge in [0.25, 0.3) is 0 Å². The van der Waals surface area contributed by atoms with Crippen molar-refractivity contribution < 1.29 is 17.9 Å². The molecule has 0 amide bonds. The molecule has 1 aliphatic carbocycles. The Bertz CT molecular complexity index is 580. The second-order valence-electron chi connectivity index (χ2n) is 6.02. The Morgan fingerprint density at radius 3 is 2.29 bits per heavy atom. The molecule has 0 atom stereocenters. The average Bonchev–Trinajstić information content (AvgIpc) is 2.60. The minimum atomic E-state index is -3.44. The first kappa shape index (κ1) is 19.2. The van der Waals surface area contributed by atoms with E-state index in [9.17, 15) is 8.42 Å². The van der Waals surface area contributed by atoms with Crippen molar-refractivity contribution in [1.82, 2.24) is 4.31 Å². The van der Waals surface area contributed by atoms with Crippen molar-refractivity contribution in [3.63, 3.8) is 0 Å². The topological polar surface area (TPSA) is 55.8 Å². The van der Waals surface area contributed by atoms with E-state index >= 15 is 0 Å². The molecule has 0 unspecified atom stereocenters. The predicted octanol–water partition coefficient (Wildman–Crippen LogP) is 3.45. The Kier molecular flexibility index (Phi) is 7.52. The van der Waals surface area contributed by atoms with Crippen LogP contribution < -0.4 is 4.74 Å². The van der Waals surface area contributed by atoms with Crippen LogP contribution in [0, 0.1) is 0 Å². The molecule has 1 aromatic carbocycles. The van der Waals surface area contributed by atoms with Gasteiger partial charge in [-0.25, -0.2) is 8.42 Å². The summed E-state index contributed by atoms with van der Waals surface area (Å²) in [5.74, 6) is 0.661. The highest BCUT2D eigenvalue weighted by atomic mass is 32.2. The van der Waals surface area contributed by atoms with Crippen LogP contribution in [0.15, 0.2) is 29.2 Å². The maximum Gasteiger partial charge on any atom is 0.243 e. The van der Waals surface area contributed by atoms with Crippen LogP contribution in [0.1, 0.15) is 46.0 Å². The van der Waals surface area contributed by atoms with Crippen molar-refractivity contribution in [2.75, 3.05) is 26.4 Å². The highest BCUT2D eigenvalue weighted by molar-refractivity contribution is 7.89. The van der Waals surface area contributed by atoms with Gasteiger partial charge < -0.3 is 9.47 Å². The fourth-order valence-corrected chi connectivity index (χ4v) is 4.89. The Balaban J connectivity index is 2.04. The molecule has 2 rings (SSSR count). The minimum absolute atomic E-state index is 0.135. The molecule has 1 saturated carbocycles. The number of sulfonamides is 1. The first-order valence-electron chi connectivity index (χ1n) is 8.92. The molecule has 0 radical (unpaired) electrons. The van der Waals surface area contributed by atoms with E-state index in [0.29, 0.717) is 37.0 Å². The second kappa shape index (κ2) is 9.39. The van der Waals surface area contributed by atoms with Gasteiger partial charge in [-0.2, -0.15) is 4.31 Å². The molecule has 0 aromatic heterocycles. The summed E-state index contributed by atoms with van der Waals surface area (Å²) in [6.07, 6.45) is 5.37. The summed E-state index contributed by atoms with van der Waals surface area (Å²) < 4.78 is 38.3. The number of benzene rings is 1. The fourth-order valence-electron chi connectivity index (χ4n) is 3.20. The first-order valence-corrected chi connectivity index (χ1v) is 10.4. The summed E-state index contributed by atoms with van der Waals surface area (Å²) in [4.78, 5) is 0.340. The Labute approximate surface area is 146 Å². The van der Waals surface area contributed by atoms with Crippen LogP contribution in [0.5, 0.6) is 5.75 Å². The minimum Gasteiger partial charge on any atom is -0.491 e. The normalized spacial score (nSPS) is 16.5. The van der Waals surface area contributed by atoms with Crippen molar-refractivity contribution >= 4 is 10.0 Å². The molecule has 24 heavy (non-hydrogen) atoms. The van der Waals surface area contributed by atoms with Crippen LogP contribution in [-0.2, 0) is 14.8 Å². The zero-order valence-corrected chi connectivity index (χ0v) is 15.6. The number of hydrogen-bond donors (Lipinski definition) is 0. The van der Waals surface area contributed by atoms with E-state index in [0.717, 1.165) is 25.7 Å². The first-order chi connectivity index (χ1) is 11.6. The highest BCUT2D eigenvalue weighted by Gasteiger charge is 2.30. The van der Waals surface area contributed by atoms with Crippen molar-refractivity contribution in [1.29, 1.82) is 0 Å². The van der Waals surface area contributed by atoms with Gasteiger partial charge in [0.05, 0.1) is 11.5 Å².